The highest BCUT2D eigenvalue weighted by Gasteiger charge is 2.22. The highest BCUT2D eigenvalue weighted by atomic mass is 16.5. The summed E-state index contributed by atoms with van der Waals surface area (Å²) in [6.07, 6.45) is 4.01. The normalized spacial score (nSPS) is 13.7. The molecule has 34 heavy (non-hydrogen) atoms. The number of rotatable bonds is 9. The van der Waals surface area contributed by atoms with Gasteiger partial charge in [-0.25, -0.2) is 4.98 Å². The van der Waals surface area contributed by atoms with E-state index in [1.807, 2.05) is 6.92 Å². The quantitative estimate of drug-likeness (QED) is 0.517. The highest BCUT2D eigenvalue weighted by molar-refractivity contribution is 6.04. The van der Waals surface area contributed by atoms with Gasteiger partial charge in [-0.05, 0) is 37.6 Å². The first kappa shape index (κ1) is 23.2. The number of pyridine rings is 1. The predicted molar refractivity (Wildman–Crippen MR) is 124 cm³/mol. The van der Waals surface area contributed by atoms with Gasteiger partial charge in [-0.2, -0.15) is 5.10 Å². The number of ether oxygens (including phenoxy) is 3. The van der Waals surface area contributed by atoms with Gasteiger partial charge in [0.15, 0.2) is 5.82 Å². The maximum atomic E-state index is 12.9. The molecule has 0 aliphatic carbocycles. The van der Waals surface area contributed by atoms with Gasteiger partial charge in [0.25, 0.3) is 11.8 Å². The van der Waals surface area contributed by atoms with Crippen LogP contribution in [0.25, 0.3) is 0 Å². The second-order valence-corrected chi connectivity index (χ2v) is 8.03. The number of carbonyl (C=O) groups excluding carboxylic acids is 2. The number of hydrogen-bond acceptors (Lipinski definition) is 7. The van der Waals surface area contributed by atoms with E-state index in [9.17, 15) is 9.59 Å². The Balaban J connectivity index is 1.54. The molecule has 1 saturated heterocycles. The third-order valence-electron chi connectivity index (χ3n) is 5.17. The Labute approximate surface area is 197 Å². The first-order valence-electron chi connectivity index (χ1n) is 11.0. The van der Waals surface area contributed by atoms with Crippen LogP contribution in [0.5, 0.6) is 17.2 Å². The molecule has 1 N–H and O–H groups in total. The van der Waals surface area contributed by atoms with Crippen molar-refractivity contribution < 1.29 is 23.8 Å². The van der Waals surface area contributed by atoms with Crippen molar-refractivity contribution in [3.63, 3.8) is 0 Å². The second kappa shape index (κ2) is 10.3. The van der Waals surface area contributed by atoms with Gasteiger partial charge in [0.1, 0.15) is 29.0 Å². The number of amides is 2. The SMILES string of the molecule is COCC(C)Oc1cc(Oc2ccc(C(=O)N3CCC3)nc2)cc(C(=O)Nc2ccn(C)n2)c1. The van der Waals surface area contributed by atoms with Crippen LogP contribution in [0.4, 0.5) is 5.82 Å². The number of nitrogens with one attached hydrogen (secondary N) is 1. The van der Waals surface area contributed by atoms with Gasteiger partial charge in [0.2, 0.25) is 0 Å². The lowest BCUT2D eigenvalue weighted by Gasteiger charge is -2.30. The van der Waals surface area contributed by atoms with Crippen molar-refractivity contribution in [2.45, 2.75) is 19.4 Å². The Morgan fingerprint density at radius 3 is 2.53 bits per heavy atom. The molecule has 0 spiro atoms. The van der Waals surface area contributed by atoms with Crippen molar-refractivity contribution in [3.8, 4) is 17.2 Å². The lowest BCUT2D eigenvalue weighted by molar-refractivity contribution is 0.0645. The zero-order valence-corrected chi connectivity index (χ0v) is 19.4. The van der Waals surface area contributed by atoms with Gasteiger partial charge in [0.05, 0.1) is 12.8 Å². The van der Waals surface area contributed by atoms with Crippen LogP contribution >= 0.6 is 0 Å². The van der Waals surface area contributed by atoms with Crippen LogP contribution in [0.3, 0.4) is 0 Å². The van der Waals surface area contributed by atoms with E-state index < -0.39 is 0 Å². The summed E-state index contributed by atoms with van der Waals surface area (Å²) in [5, 5.41) is 6.93. The van der Waals surface area contributed by atoms with Gasteiger partial charge >= 0.3 is 0 Å². The fourth-order valence-electron chi connectivity index (χ4n) is 3.39. The highest BCUT2D eigenvalue weighted by Crippen LogP contribution is 2.29. The molecule has 0 bridgehead atoms. The van der Waals surface area contributed by atoms with Gasteiger partial charge < -0.3 is 24.4 Å². The van der Waals surface area contributed by atoms with E-state index in [1.54, 1.807) is 66.3 Å². The van der Waals surface area contributed by atoms with Crippen molar-refractivity contribution in [1.82, 2.24) is 19.7 Å². The van der Waals surface area contributed by atoms with E-state index in [1.165, 1.54) is 6.20 Å². The molecule has 1 unspecified atom stereocenters. The molecule has 3 heterocycles. The van der Waals surface area contributed by atoms with Gasteiger partial charge in [-0.1, -0.05) is 0 Å². The lowest BCUT2D eigenvalue weighted by Crippen LogP contribution is -2.42. The van der Waals surface area contributed by atoms with E-state index in [0.717, 1.165) is 19.5 Å². The van der Waals surface area contributed by atoms with E-state index in [-0.39, 0.29) is 17.9 Å². The summed E-state index contributed by atoms with van der Waals surface area (Å²) in [4.78, 5) is 31.2. The van der Waals surface area contributed by atoms with Crippen LogP contribution in [0.15, 0.2) is 48.8 Å². The van der Waals surface area contributed by atoms with Crippen LogP contribution in [-0.2, 0) is 11.8 Å². The summed E-state index contributed by atoms with van der Waals surface area (Å²) in [6, 6.07) is 9.92. The molecule has 0 radical (unpaired) electrons. The molecule has 2 aromatic heterocycles. The lowest BCUT2D eigenvalue weighted by atomic mass is 10.2. The maximum Gasteiger partial charge on any atom is 0.272 e. The Morgan fingerprint density at radius 1 is 1.12 bits per heavy atom. The van der Waals surface area contributed by atoms with Crippen LogP contribution in [0.2, 0.25) is 0 Å². The largest absolute Gasteiger partial charge is 0.488 e. The van der Waals surface area contributed by atoms with Crippen LogP contribution in [0.1, 0.15) is 34.2 Å². The summed E-state index contributed by atoms with van der Waals surface area (Å²) >= 11 is 0. The van der Waals surface area contributed by atoms with Crippen molar-refractivity contribution >= 4 is 17.6 Å². The van der Waals surface area contributed by atoms with Crippen molar-refractivity contribution in [3.05, 3.63) is 60.0 Å². The molecule has 1 fully saturated rings. The van der Waals surface area contributed by atoms with Crippen LogP contribution in [-0.4, -0.2) is 64.4 Å². The minimum atomic E-state index is -0.359. The predicted octanol–water partition coefficient (Wildman–Crippen LogP) is 3.12. The minimum absolute atomic E-state index is 0.0891. The molecular weight excluding hydrogens is 438 g/mol. The molecule has 1 aliphatic rings. The third kappa shape index (κ3) is 5.70. The summed E-state index contributed by atoms with van der Waals surface area (Å²) in [6.45, 7) is 3.77. The minimum Gasteiger partial charge on any atom is -0.488 e. The molecule has 10 nitrogen and oxygen atoms in total. The number of likely N-dealkylation sites (tertiary alicyclic amines) is 1. The van der Waals surface area contributed by atoms with Crippen molar-refractivity contribution in [1.29, 1.82) is 0 Å². The van der Waals surface area contributed by atoms with Crippen molar-refractivity contribution in [2.75, 3.05) is 32.1 Å². The molecular formula is C24H27N5O5. The van der Waals surface area contributed by atoms with Gasteiger partial charge in [-0.15, -0.1) is 0 Å². The Bertz CT molecular complexity index is 1160. The van der Waals surface area contributed by atoms with E-state index >= 15 is 0 Å². The fraction of sp³-hybridized carbons (Fsp3) is 0.333. The first-order valence-corrected chi connectivity index (χ1v) is 11.0. The fourth-order valence-corrected chi connectivity index (χ4v) is 3.39. The third-order valence-corrected chi connectivity index (χ3v) is 5.17. The second-order valence-electron chi connectivity index (χ2n) is 8.03. The number of hydrogen-bond donors (Lipinski definition) is 1. The van der Waals surface area contributed by atoms with Crippen molar-refractivity contribution in [2.24, 2.45) is 7.05 Å². The first-order chi connectivity index (χ1) is 16.4. The number of nitrogens with zero attached hydrogens (tertiary/aromatic N) is 4. The molecule has 3 aromatic rings. The molecule has 10 heteroatoms. The molecule has 1 atom stereocenters. The summed E-state index contributed by atoms with van der Waals surface area (Å²) in [5.74, 6) is 1.25. The van der Waals surface area contributed by atoms with E-state index in [2.05, 4.69) is 15.4 Å². The maximum absolute atomic E-state index is 12.9. The Kier molecular flexibility index (Phi) is 7.07. The monoisotopic (exact) mass is 465 g/mol. The summed E-state index contributed by atoms with van der Waals surface area (Å²) in [7, 11) is 3.36. The number of aromatic nitrogens is 3. The number of aryl methyl sites for hydroxylation is 1. The van der Waals surface area contributed by atoms with Crippen LogP contribution < -0.4 is 14.8 Å². The van der Waals surface area contributed by atoms with Gasteiger partial charge in [-0.3, -0.25) is 14.3 Å². The van der Waals surface area contributed by atoms with E-state index in [0.29, 0.717) is 40.9 Å². The zero-order valence-electron chi connectivity index (χ0n) is 19.4. The number of methoxy groups -OCH3 is 1. The van der Waals surface area contributed by atoms with Gasteiger partial charge in [0, 0.05) is 51.1 Å². The number of anilines is 1. The van der Waals surface area contributed by atoms with Crippen LogP contribution in [0, 0.1) is 0 Å². The Morgan fingerprint density at radius 2 is 1.91 bits per heavy atom. The molecule has 1 aromatic carbocycles. The molecule has 178 valence electrons. The molecule has 2 amide bonds. The number of benzene rings is 1. The number of carbonyl (C=O) groups is 2. The van der Waals surface area contributed by atoms with E-state index in [4.69, 9.17) is 14.2 Å². The molecule has 1 aliphatic heterocycles. The zero-order chi connectivity index (χ0) is 24.1. The molecule has 4 rings (SSSR count). The summed E-state index contributed by atoms with van der Waals surface area (Å²) in [5.41, 5.74) is 0.702. The Hall–Kier alpha value is -3.92. The molecule has 0 saturated carbocycles. The standard InChI is InChI=1S/C24H27N5O5/c1-16(15-32-3)33-19-11-17(23(30)26-22-7-10-28(2)27-22)12-20(13-19)34-18-5-6-21(25-14-18)24(31)29-8-4-9-29/h5-7,10-14,16H,4,8-9,15H2,1-3H3,(H,26,27,30). The smallest absolute Gasteiger partial charge is 0.272 e. The summed E-state index contributed by atoms with van der Waals surface area (Å²) < 4.78 is 18.6. The topological polar surface area (TPSA) is 108 Å². The average molecular weight is 466 g/mol. The average Bonchev–Trinajstić information content (AvgIpc) is 3.17.